The van der Waals surface area contributed by atoms with E-state index in [0.717, 1.165) is 27.8 Å². The molecule has 2 aromatic heterocycles. The zero-order valence-corrected chi connectivity index (χ0v) is 15.9. The summed E-state index contributed by atoms with van der Waals surface area (Å²) in [5, 5.41) is 4.27. The fourth-order valence-electron chi connectivity index (χ4n) is 3.29. The van der Waals surface area contributed by atoms with E-state index in [1.807, 2.05) is 48.0 Å². The Morgan fingerprint density at radius 2 is 1.79 bits per heavy atom. The third kappa shape index (κ3) is 3.24. The highest BCUT2D eigenvalue weighted by atomic mass is 19.1. The summed E-state index contributed by atoms with van der Waals surface area (Å²) in [6, 6.07) is 16.2. The lowest BCUT2D eigenvalue weighted by Gasteiger charge is -2.11. The lowest BCUT2D eigenvalue weighted by molar-refractivity contribution is 0.355. The summed E-state index contributed by atoms with van der Waals surface area (Å²) in [6.07, 6.45) is 1.81. The van der Waals surface area contributed by atoms with Crippen LogP contribution in [0.5, 0.6) is 11.5 Å². The van der Waals surface area contributed by atoms with Gasteiger partial charge in [-0.1, -0.05) is 12.1 Å². The molecule has 0 fully saturated rings. The van der Waals surface area contributed by atoms with Gasteiger partial charge >= 0.3 is 0 Å². The molecule has 28 heavy (non-hydrogen) atoms. The second-order valence-corrected chi connectivity index (χ2v) is 6.42. The first-order valence-corrected chi connectivity index (χ1v) is 8.79. The van der Waals surface area contributed by atoms with Crippen molar-refractivity contribution in [2.24, 2.45) is 7.05 Å². The summed E-state index contributed by atoms with van der Waals surface area (Å²) in [7, 11) is 5.17. The second kappa shape index (κ2) is 7.23. The van der Waals surface area contributed by atoms with E-state index >= 15 is 0 Å². The van der Waals surface area contributed by atoms with Gasteiger partial charge < -0.3 is 19.4 Å². The van der Waals surface area contributed by atoms with Crippen molar-refractivity contribution >= 4 is 22.4 Å². The van der Waals surface area contributed by atoms with Crippen LogP contribution in [0.3, 0.4) is 0 Å². The Morgan fingerprint density at radius 3 is 2.54 bits per heavy atom. The molecule has 0 saturated carbocycles. The number of rotatable bonds is 5. The predicted molar refractivity (Wildman–Crippen MR) is 109 cm³/mol. The summed E-state index contributed by atoms with van der Waals surface area (Å²) in [5.41, 5.74) is 3.59. The molecule has 4 aromatic rings. The molecular weight excluding hydrogens is 357 g/mol. The number of methoxy groups -OCH3 is 2. The van der Waals surface area contributed by atoms with Crippen molar-refractivity contribution in [3.05, 3.63) is 66.6 Å². The summed E-state index contributed by atoms with van der Waals surface area (Å²) in [4.78, 5) is 4.50. The molecule has 4 rings (SSSR count). The first-order valence-electron chi connectivity index (χ1n) is 8.79. The van der Waals surface area contributed by atoms with Crippen molar-refractivity contribution in [3.8, 4) is 22.8 Å². The molecule has 0 aliphatic heterocycles. The average molecular weight is 377 g/mol. The van der Waals surface area contributed by atoms with Gasteiger partial charge in [0.2, 0.25) is 0 Å². The normalized spacial score (nSPS) is 10.9. The largest absolute Gasteiger partial charge is 0.493 e. The fraction of sp³-hybridized carbons (Fsp3) is 0.136. The first-order chi connectivity index (χ1) is 13.6. The fourth-order valence-corrected chi connectivity index (χ4v) is 3.29. The van der Waals surface area contributed by atoms with Crippen LogP contribution in [-0.2, 0) is 7.05 Å². The average Bonchev–Trinajstić information content (AvgIpc) is 3.04. The van der Waals surface area contributed by atoms with Crippen LogP contribution in [0.15, 0.2) is 60.8 Å². The van der Waals surface area contributed by atoms with Gasteiger partial charge in [0.25, 0.3) is 0 Å². The second-order valence-electron chi connectivity index (χ2n) is 6.42. The lowest BCUT2D eigenvalue weighted by Crippen LogP contribution is -1.97. The van der Waals surface area contributed by atoms with Gasteiger partial charge in [-0.3, -0.25) is 0 Å². The highest BCUT2D eigenvalue weighted by Crippen LogP contribution is 2.32. The molecule has 0 atom stereocenters. The summed E-state index contributed by atoms with van der Waals surface area (Å²) >= 11 is 0. The molecule has 2 heterocycles. The Hall–Kier alpha value is -3.54. The van der Waals surface area contributed by atoms with E-state index in [9.17, 15) is 4.39 Å². The molecule has 2 aromatic carbocycles. The number of nitrogens with zero attached hydrogens (tertiary/aromatic N) is 2. The van der Waals surface area contributed by atoms with Crippen LogP contribution in [0.25, 0.3) is 22.2 Å². The lowest BCUT2D eigenvalue weighted by atomic mass is 10.1. The van der Waals surface area contributed by atoms with Crippen LogP contribution in [0, 0.1) is 5.82 Å². The van der Waals surface area contributed by atoms with Gasteiger partial charge in [0.1, 0.15) is 11.6 Å². The third-order valence-electron chi connectivity index (χ3n) is 4.70. The number of fused-ring (bicyclic) bond motifs is 1. The van der Waals surface area contributed by atoms with Crippen molar-refractivity contribution < 1.29 is 13.9 Å². The van der Waals surface area contributed by atoms with E-state index in [1.54, 1.807) is 26.5 Å². The van der Waals surface area contributed by atoms with E-state index < -0.39 is 0 Å². The minimum Gasteiger partial charge on any atom is -0.493 e. The maximum absolute atomic E-state index is 13.6. The third-order valence-corrected chi connectivity index (χ3v) is 4.70. The van der Waals surface area contributed by atoms with E-state index in [0.29, 0.717) is 17.3 Å². The molecule has 0 spiro atoms. The number of benzene rings is 2. The number of halogens is 1. The summed E-state index contributed by atoms with van der Waals surface area (Å²) in [5.74, 6) is 1.75. The van der Waals surface area contributed by atoms with Gasteiger partial charge in [-0.15, -0.1) is 0 Å². The van der Waals surface area contributed by atoms with Gasteiger partial charge in [0.05, 0.1) is 19.7 Å². The molecule has 0 unspecified atom stereocenters. The zero-order chi connectivity index (χ0) is 19.7. The van der Waals surface area contributed by atoms with Crippen molar-refractivity contribution in [2.75, 3.05) is 19.5 Å². The smallest absolute Gasteiger partial charge is 0.162 e. The Kier molecular flexibility index (Phi) is 4.61. The van der Waals surface area contributed by atoms with Crippen LogP contribution < -0.4 is 14.8 Å². The predicted octanol–water partition coefficient (Wildman–Crippen LogP) is 5.14. The molecule has 1 N–H and O–H groups in total. The van der Waals surface area contributed by atoms with Gasteiger partial charge in [0.15, 0.2) is 11.5 Å². The van der Waals surface area contributed by atoms with Crippen LogP contribution in [-0.4, -0.2) is 23.8 Å². The Balaban J connectivity index is 1.69. The molecule has 0 amide bonds. The highest BCUT2D eigenvalue weighted by molar-refractivity contribution is 5.88. The minimum absolute atomic E-state index is 0.253. The van der Waals surface area contributed by atoms with Crippen molar-refractivity contribution in [1.29, 1.82) is 0 Å². The molecule has 6 heteroatoms. The van der Waals surface area contributed by atoms with E-state index in [1.165, 1.54) is 12.1 Å². The minimum atomic E-state index is -0.253. The van der Waals surface area contributed by atoms with Gasteiger partial charge in [-0.2, -0.15) is 0 Å². The van der Waals surface area contributed by atoms with Crippen LogP contribution >= 0.6 is 0 Å². The molecule has 0 radical (unpaired) electrons. The van der Waals surface area contributed by atoms with Crippen LogP contribution in [0.2, 0.25) is 0 Å². The van der Waals surface area contributed by atoms with E-state index in [-0.39, 0.29) is 5.82 Å². The van der Waals surface area contributed by atoms with Crippen molar-refractivity contribution in [3.63, 3.8) is 0 Å². The zero-order valence-electron chi connectivity index (χ0n) is 15.9. The molecule has 0 saturated heterocycles. The number of anilines is 2. The summed E-state index contributed by atoms with van der Waals surface area (Å²) in [6.45, 7) is 0. The maximum atomic E-state index is 13.6. The molecule has 142 valence electrons. The molecular formula is C22H20FN3O2. The van der Waals surface area contributed by atoms with Gasteiger partial charge in [-0.05, 0) is 30.3 Å². The molecule has 0 aliphatic rings. The van der Waals surface area contributed by atoms with Crippen LogP contribution in [0.4, 0.5) is 15.9 Å². The van der Waals surface area contributed by atoms with Gasteiger partial charge in [0, 0.05) is 47.7 Å². The number of ether oxygens (including phenoxy) is 2. The topological polar surface area (TPSA) is 48.3 Å². The maximum Gasteiger partial charge on any atom is 0.162 e. The SMILES string of the molecule is COc1ccc(Nc2cc3c(cn2)cc(-c2cccc(F)c2)n3C)cc1OC. The summed E-state index contributed by atoms with van der Waals surface area (Å²) < 4.78 is 26.3. The molecule has 5 nitrogen and oxygen atoms in total. The number of aryl methyl sites for hydroxylation is 1. The standard InChI is InChI=1S/C22H20FN3O2/c1-26-18(14-5-4-6-16(23)9-14)10-15-13-24-22(12-19(15)26)25-17-7-8-20(27-2)21(11-17)28-3/h4-13H,1-3H3,(H,24,25). The highest BCUT2D eigenvalue weighted by Gasteiger charge is 2.11. The quantitative estimate of drug-likeness (QED) is 0.523. The van der Waals surface area contributed by atoms with Crippen molar-refractivity contribution in [2.45, 2.75) is 0 Å². The number of nitrogens with one attached hydrogen (secondary N) is 1. The number of hydrogen-bond acceptors (Lipinski definition) is 4. The number of aromatic nitrogens is 2. The Morgan fingerprint density at radius 1 is 0.964 bits per heavy atom. The van der Waals surface area contributed by atoms with Gasteiger partial charge in [-0.25, -0.2) is 9.37 Å². The number of pyridine rings is 1. The first kappa shape index (κ1) is 17.9. The van der Waals surface area contributed by atoms with Crippen LogP contribution in [0.1, 0.15) is 0 Å². The van der Waals surface area contributed by atoms with Crippen molar-refractivity contribution in [1.82, 2.24) is 9.55 Å². The van der Waals surface area contributed by atoms with E-state index in [4.69, 9.17) is 9.47 Å². The Bertz CT molecular complexity index is 1150. The Labute approximate surface area is 162 Å². The van der Waals surface area contributed by atoms with E-state index in [2.05, 4.69) is 10.3 Å². The molecule has 0 bridgehead atoms. The monoisotopic (exact) mass is 377 g/mol. The number of hydrogen-bond donors (Lipinski definition) is 1. The molecule has 0 aliphatic carbocycles.